The van der Waals surface area contributed by atoms with E-state index >= 15 is 0 Å². The Labute approximate surface area is 130 Å². The number of aryl methyl sites for hydroxylation is 1. The van der Waals surface area contributed by atoms with Crippen LogP contribution >= 0.6 is 0 Å². The summed E-state index contributed by atoms with van der Waals surface area (Å²) >= 11 is 0. The molecule has 3 aromatic rings. The van der Waals surface area contributed by atoms with Crippen molar-refractivity contribution in [2.24, 2.45) is 0 Å². The van der Waals surface area contributed by atoms with Gasteiger partial charge in [-0.3, -0.25) is 4.79 Å². The molecular formula is C20H19NO. The second-order valence-electron chi connectivity index (χ2n) is 5.63. The third-order valence-corrected chi connectivity index (χ3v) is 3.95. The third kappa shape index (κ3) is 2.86. The van der Waals surface area contributed by atoms with Crippen LogP contribution in [0, 0.1) is 6.92 Å². The van der Waals surface area contributed by atoms with Crippen molar-refractivity contribution in [2.75, 3.05) is 0 Å². The molecule has 3 rings (SSSR count). The quantitative estimate of drug-likeness (QED) is 0.747. The highest BCUT2D eigenvalue weighted by atomic mass is 16.1. The first-order chi connectivity index (χ1) is 10.6. The summed E-state index contributed by atoms with van der Waals surface area (Å²) in [6, 6.07) is 22.0. The lowest BCUT2D eigenvalue weighted by molar-refractivity contribution is 0.0940. The molecule has 3 aromatic carbocycles. The summed E-state index contributed by atoms with van der Waals surface area (Å²) in [5.74, 6) is -0.0413. The van der Waals surface area contributed by atoms with E-state index in [1.54, 1.807) is 0 Å². The Morgan fingerprint density at radius 3 is 2.36 bits per heavy atom. The molecule has 0 aliphatic heterocycles. The molecule has 0 saturated carbocycles. The van der Waals surface area contributed by atoms with Crippen molar-refractivity contribution in [1.82, 2.24) is 5.32 Å². The highest BCUT2D eigenvalue weighted by Gasteiger charge is 2.13. The van der Waals surface area contributed by atoms with Crippen LogP contribution in [0.1, 0.15) is 34.5 Å². The number of rotatable bonds is 3. The maximum absolute atomic E-state index is 12.4. The van der Waals surface area contributed by atoms with E-state index in [0.29, 0.717) is 5.56 Å². The maximum atomic E-state index is 12.4. The van der Waals surface area contributed by atoms with Crippen molar-refractivity contribution in [3.05, 3.63) is 83.4 Å². The van der Waals surface area contributed by atoms with E-state index in [1.165, 1.54) is 10.8 Å². The lowest BCUT2D eigenvalue weighted by Gasteiger charge is -2.16. The van der Waals surface area contributed by atoms with Gasteiger partial charge in [0.25, 0.3) is 5.91 Å². The van der Waals surface area contributed by atoms with E-state index in [1.807, 2.05) is 56.3 Å². The van der Waals surface area contributed by atoms with Gasteiger partial charge >= 0.3 is 0 Å². The van der Waals surface area contributed by atoms with Crippen LogP contribution in [0.15, 0.2) is 66.7 Å². The summed E-state index contributed by atoms with van der Waals surface area (Å²) in [6.07, 6.45) is 0. The average Bonchev–Trinajstić information content (AvgIpc) is 2.54. The molecule has 0 bridgehead atoms. The standard InChI is InChI=1S/C20H19NO/c1-14-10-12-17(13-11-14)20(22)21-15(2)18-9-5-7-16-6-3-4-8-19(16)18/h3-13,15H,1-2H3,(H,21,22). The first kappa shape index (κ1) is 14.3. The van der Waals surface area contributed by atoms with Crippen molar-refractivity contribution in [3.63, 3.8) is 0 Å². The van der Waals surface area contributed by atoms with E-state index in [4.69, 9.17) is 0 Å². The Morgan fingerprint density at radius 1 is 0.909 bits per heavy atom. The van der Waals surface area contributed by atoms with Crippen molar-refractivity contribution >= 4 is 16.7 Å². The molecule has 1 amide bonds. The number of amides is 1. The van der Waals surface area contributed by atoms with Gasteiger partial charge in [-0.15, -0.1) is 0 Å². The summed E-state index contributed by atoms with van der Waals surface area (Å²) in [6.45, 7) is 4.04. The molecule has 2 heteroatoms. The molecule has 0 spiro atoms. The number of hydrogen-bond donors (Lipinski definition) is 1. The second-order valence-corrected chi connectivity index (χ2v) is 5.63. The van der Waals surface area contributed by atoms with E-state index in [9.17, 15) is 4.79 Å². The topological polar surface area (TPSA) is 29.1 Å². The lowest BCUT2D eigenvalue weighted by Crippen LogP contribution is -2.26. The molecule has 0 aromatic heterocycles. The van der Waals surface area contributed by atoms with Gasteiger partial charge in [-0.1, -0.05) is 60.2 Å². The Hall–Kier alpha value is -2.61. The van der Waals surface area contributed by atoms with E-state index in [0.717, 1.165) is 11.1 Å². The first-order valence-electron chi connectivity index (χ1n) is 7.50. The summed E-state index contributed by atoms with van der Waals surface area (Å²) in [5, 5.41) is 5.46. The molecule has 0 fully saturated rings. The van der Waals surface area contributed by atoms with Crippen LogP contribution in [0.25, 0.3) is 10.8 Å². The summed E-state index contributed by atoms with van der Waals surface area (Å²) in [7, 11) is 0. The molecule has 1 atom stereocenters. The van der Waals surface area contributed by atoms with Crippen molar-refractivity contribution < 1.29 is 4.79 Å². The Kier molecular flexibility index (Phi) is 3.92. The van der Waals surface area contributed by atoms with Gasteiger partial charge in [-0.05, 0) is 42.3 Å². The summed E-state index contributed by atoms with van der Waals surface area (Å²) < 4.78 is 0. The number of nitrogens with one attached hydrogen (secondary N) is 1. The van der Waals surface area contributed by atoms with Gasteiger partial charge in [-0.25, -0.2) is 0 Å². The summed E-state index contributed by atoms with van der Waals surface area (Å²) in [5.41, 5.74) is 2.98. The molecule has 22 heavy (non-hydrogen) atoms. The maximum Gasteiger partial charge on any atom is 0.251 e. The van der Waals surface area contributed by atoms with Crippen LogP contribution in [-0.4, -0.2) is 5.91 Å². The largest absolute Gasteiger partial charge is 0.345 e. The molecule has 0 heterocycles. The zero-order chi connectivity index (χ0) is 15.5. The molecule has 0 radical (unpaired) electrons. The van der Waals surface area contributed by atoms with E-state index in [2.05, 4.69) is 29.6 Å². The Morgan fingerprint density at radius 2 is 1.59 bits per heavy atom. The fourth-order valence-corrected chi connectivity index (χ4v) is 2.69. The zero-order valence-corrected chi connectivity index (χ0v) is 12.8. The van der Waals surface area contributed by atoms with Crippen LogP contribution in [0.4, 0.5) is 0 Å². The highest BCUT2D eigenvalue weighted by molar-refractivity contribution is 5.95. The van der Waals surface area contributed by atoms with Gasteiger partial charge < -0.3 is 5.32 Å². The van der Waals surface area contributed by atoms with Crippen molar-refractivity contribution in [1.29, 1.82) is 0 Å². The normalized spacial score (nSPS) is 12.1. The highest BCUT2D eigenvalue weighted by Crippen LogP contribution is 2.24. The average molecular weight is 289 g/mol. The molecule has 2 nitrogen and oxygen atoms in total. The predicted octanol–water partition coefficient (Wildman–Crippen LogP) is 4.64. The van der Waals surface area contributed by atoms with Gasteiger partial charge in [0.2, 0.25) is 0 Å². The van der Waals surface area contributed by atoms with E-state index in [-0.39, 0.29) is 11.9 Å². The van der Waals surface area contributed by atoms with Crippen LogP contribution in [0.2, 0.25) is 0 Å². The Balaban J connectivity index is 1.85. The minimum Gasteiger partial charge on any atom is -0.345 e. The fraction of sp³-hybridized carbons (Fsp3) is 0.150. The molecule has 0 aliphatic carbocycles. The molecule has 110 valence electrons. The van der Waals surface area contributed by atoms with Gasteiger partial charge in [-0.2, -0.15) is 0 Å². The number of hydrogen-bond acceptors (Lipinski definition) is 1. The fourth-order valence-electron chi connectivity index (χ4n) is 2.69. The zero-order valence-electron chi connectivity index (χ0n) is 12.8. The van der Waals surface area contributed by atoms with Crippen LogP contribution in [-0.2, 0) is 0 Å². The van der Waals surface area contributed by atoms with Gasteiger partial charge in [0, 0.05) is 5.56 Å². The lowest BCUT2D eigenvalue weighted by atomic mass is 9.99. The molecular weight excluding hydrogens is 270 g/mol. The SMILES string of the molecule is Cc1ccc(C(=O)NC(C)c2cccc3ccccc23)cc1. The smallest absolute Gasteiger partial charge is 0.251 e. The number of carbonyl (C=O) groups is 1. The van der Waals surface area contributed by atoms with Crippen LogP contribution in [0.5, 0.6) is 0 Å². The van der Waals surface area contributed by atoms with E-state index < -0.39 is 0 Å². The van der Waals surface area contributed by atoms with Crippen molar-refractivity contribution in [3.8, 4) is 0 Å². The van der Waals surface area contributed by atoms with Gasteiger partial charge in [0.05, 0.1) is 6.04 Å². The monoisotopic (exact) mass is 289 g/mol. The van der Waals surface area contributed by atoms with Crippen LogP contribution in [0.3, 0.4) is 0 Å². The number of benzene rings is 3. The predicted molar refractivity (Wildman–Crippen MR) is 91.0 cm³/mol. The summed E-state index contributed by atoms with van der Waals surface area (Å²) in [4.78, 5) is 12.4. The molecule has 1 unspecified atom stereocenters. The minimum atomic E-state index is -0.0418. The molecule has 0 aliphatic rings. The third-order valence-electron chi connectivity index (χ3n) is 3.95. The Bertz CT molecular complexity index is 800. The second kappa shape index (κ2) is 6.02. The van der Waals surface area contributed by atoms with Gasteiger partial charge in [0.1, 0.15) is 0 Å². The minimum absolute atomic E-state index is 0.0413. The number of carbonyl (C=O) groups excluding carboxylic acids is 1. The van der Waals surface area contributed by atoms with Gasteiger partial charge in [0.15, 0.2) is 0 Å². The first-order valence-corrected chi connectivity index (χ1v) is 7.50. The molecule has 1 N–H and O–H groups in total. The van der Waals surface area contributed by atoms with Crippen molar-refractivity contribution in [2.45, 2.75) is 19.9 Å². The molecule has 0 saturated heterocycles. The van der Waals surface area contributed by atoms with Crippen LogP contribution < -0.4 is 5.32 Å². The number of fused-ring (bicyclic) bond motifs is 1.